The lowest BCUT2D eigenvalue weighted by Gasteiger charge is -2.18. The minimum Gasteiger partial charge on any atom is -0.328 e. The molecule has 0 aliphatic heterocycles. The highest BCUT2D eigenvalue weighted by Crippen LogP contribution is 2.16. The molecule has 0 spiro atoms. The Balaban J connectivity index is 2.70. The zero-order valence-electron chi connectivity index (χ0n) is 10.7. The summed E-state index contributed by atoms with van der Waals surface area (Å²) in [6, 6.07) is 3.69. The van der Waals surface area contributed by atoms with E-state index in [0.29, 0.717) is 5.56 Å². The van der Waals surface area contributed by atoms with Crippen molar-refractivity contribution in [2.75, 3.05) is 18.9 Å². The molecule has 0 aromatic heterocycles. The molecule has 110 valence electrons. The van der Waals surface area contributed by atoms with Gasteiger partial charge in [-0.05, 0) is 24.6 Å². The first-order chi connectivity index (χ1) is 9.10. The smallest absolute Gasteiger partial charge is 0.328 e. The molecule has 1 N–H and O–H groups in total. The van der Waals surface area contributed by atoms with Crippen LogP contribution < -0.4 is 5.32 Å². The van der Waals surface area contributed by atoms with E-state index < -0.39 is 30.4 Å². The molecule has 1 aromatic carbocycles. The molecule has 0 atom stereocenters. The third-order valence-electron chi connectivity index (χ3n) is 2.39. The summed E-state index contributed by atoms with van der Waals surface area (Å²) in [7, 11) is 0.852. The van der Waals surface area contributed by atoms with Crippen molar-refractivity contribution in [1.82, 2.24) is 4.90 Å². The van der Waals surface area contributed by atoms with Gasteiger partial charge in [-0.25, -0.2) is 4.39 Å². The maximum Gasteiger partial charge on any atom is 0.406 e. The molecule has 0 saturated heterocycles. The van der Waals surface area contributed by atoms with Crippen molar-refractivity contribution in [2.24, 2.45) is 0 Å². The van der Waals surface area contributed by atoms with Crippen molar-refractivity contribution in [3.8, 4) is 0 Å². The molecule has 0 bridgehead atoms. The molecule has 0 unspecified atom stereocenters. The molecule has 0 heterocycles. The first kappa shape index (κ1) is 15.9. The van der Waals surface area contributed by atoms with E-state index in [1.165, 1.54) is 19.1 Å². The fourth-order valence-corrected chi connectivity index (χ4v) is 1.37. The van der Waals surface area contributed by atoms with E-state index in [1.807, 2.05) is 5.32 Å². The van der Waals surface area contributed by atoms with Gasteiger partial charge in [-0.15, -0.1) is 0 Å². The van der Waals surface area contributed by atoms with Crippen LogP contribution in [0.3, 0.4) is 0 Å². The number of carbonyl (C=O) groups excluding carboxylic acids is 2. The Morgan fingerprint density at radius 2 is 1.90 bits per heavy atom. The van der Waals surface area contributed by atoms with Gasteiger partial charge >= 0.3 is 18.0 Å². The molecule has 0 saturated carbocycles. The van der Waals surface area contributed by atoms with Gasteiger partial charge in [-0.2, -0.15) is 13.2 Å². The van der Waals surface area contributed by atoms with Crippen molar-refractivity contribution in [1.29, 1.82) is 0 Å². The Morgan fingerprint density at radius 1 is 1.30 bits per heavy atom. The standard InChI is InChI=1S/C12H12F4N2O2/c1-7-3-4-8(5-9(7)13)17-10(19)11(20)18(2)6-12(14,15)16/h3-5H,6H2,1-2H3,(H,17,19). The maximum absolute atomic E-state index is 13.2. The van der Waals surface area contributed by atoms with Crippen LogP contribution in [-0.4, -0.2) is 36.5 Å². The summed E-state index contributed by atoms with van der Waals surface area (Å²) in [5, 5.41) is 2.04. The van der Waals surface area contributed by atoms with Crippen molar-refractivity contribution < 1.29 is 27.2 Å². The molecule has 8 heteroatoms. The minimum atomic E-state index is -4.60. The van der Waals surface area contributed by atoms with Gasteiger partial charge in [0.25, 0.3) is 0 Å². The lowest BCUT2D eigenvalue weighted by Crippen LogP contribution is -2.42. The number of halogens is 4. The number of anilines is 1. The molecule has 0 radical (unpaired) electrons. The predicted octanol–water partition coefficient (Wildman–Crippen LogP) is 2.09. The number of alkyl halides is 3. The van der Waals surface area contributed by atoms with Crippen LogP contribution in [0.15, 0.2) is 18.2 Å². The number of carbonyl (C=O) groups is 2. The fourth-order valence-electron chi connectivity index (χ4n) is 1.37. The largest absolute Gasteiger partial charge is 0.406 e. The number of rotatable bonds is 2. The van der Waals surface area contributed by atoms with Crippen molar-refractivity contribution in [2.45, 2.75) is 13.1 Å². The van der Waals surface area contributed by atoms with Gasteiger partial charge in [0.05, 0.1) is 0 Å². The number of nitrogens with one attached hydrogen (secondary N) is 1. The monoisotopic (exact) mass is 292 g/mol. The van der Waals surface area contributed by atoms with E-state index in [1.54, 1.807) is 0 Å². The highest BCUT2D eigenvalue weighted by molar-refractivity contribution is 6.39. The van der Waals surface area contributed by atoms with Crippen LogP contribution >= 0.6 is 0 Å². The molecular formula is C12H12F4N2O2. The Kier molecular flexibility index (Phi) is 4.69. The lowest BCUT2D eigenvalue weighted by molar-refractivity contribution is -0.161. The summed E-state index contributed by atoms with van der Waals surface area (Å²) in [5.41, 5.74) is 0.329. The second-order valence-corrected chi connectivity index (χ2v) is 4.19. The second-order valence-electron chi connectivity index (χ2n) is 4.19. The van der Waals surface area contributed by atoms with Gasteiger partial charge in [-0.1, -0.05) is 6.07 Å². The predicted molar refractivity (Wildman–Crippen MR) is 63.5 cm³/mol. The quantitative estimate of drug-likeness (QED) is 0.670. The van der Waals surface area contributed by atoms with Gasteiger partial charge < -0.3 is 10.2 Å². The molecule has 20 heavy (non-hydrogen) atoms. The van der Waals surface area contributed by atoms with E-state index in [2.05, 4.69) is 0 Å². The summed E-state index contributed by atoms with van der Waals surface area (Å²) < 4.78 is 49.5. The van der Waals surface area contributed by atoms with E-state index in [-0.39, 0.29) is 10.6 Å². The van der Waals surface area contributed by atoms with E-state index in [0.717, 1.165) is 13.1 Å². The second kappa shape index (κ2) is 5.89. The number of aryl methyl sites for hydroxylation is 1. The van der Waals surface area contributed by atoms with Gasteiger partial charge in [-0.3, -0.25) is 9.59 Å². The Labute approximate surface area is 112 Å². The van der Waals surface area contributed by atoms with Crippen molar-refractivity contribution in [3.05, 3.63) is 29.6 Å². The maximum atomic E-state index is 13.2. The topological polar surface area (TPSA) is 49.4 Å². The van der Waals surface area contributed by atoms with Crippen LogP contribution in [0.1, 0.15) is 5.56 Å². The molecule has 0 fully saturated rings. The third-order valence-corrected chi connectivity index (χ3v) is 2.39. The molecule has 0 aliphatic rings. The molecule has 1 rings (SSSR count). The van der Waals surface area contributed by atoms with Gasteiger partial charge in [0.1, 0.15) is 12.4 Å². The molecule has 0 aliphatic carbocycles. The van der Waals surface area contributed by atoms with Crippen molar-refractivity contribution >= 4 is 17.5 Å². The van der Waals surface area contributed by atoms with Crippen LogP contribution in [0, 0.1) is 12.7 Å². The molecular weight excluding hydrogens is 280 g/mol. The summed E-state index contributed by atoms with van der Waals surface area (Å²) >= 11 is 0. The first-order valence-corrected chi connectivity index (χ1v) is 5.49. The number of likely N-dealkylation sites (N-methyl/N-ethyl adjacent to an activating group) is 1. The molecule has 1 aromatic rings. The van der Waals surface area contributed by atoms with E-state index in [4.69, 9.17) is 0 Å². The van der Waals surface area contributed by atoms with E-state index >= 15 is 0 Å². The van der Waals surface area contributed by atoms with Gasteiger partial charge in [0.15, 0.2) is 0 Å². The highest BCUT2D eigenvalue weighted by atomic mass is 19.4. The van der Waals surface area contributed by atoms with Crippen LogP contribution in [0.25, 0.3) is 0 Å². The average molecular weight is 292 g/mol. The highest BCUT2D eigenvalue weighted by Gasteiger charge is 2.33. The number of nitrogens with zero attached hydrogens (tertiary/aromatic N) is 1. The normalized spacial score (nSPS) is 11.1. The number of hydrogen-bond donors (Lipinski definition) is 1. The number of amides is 2. The minimum absolute atomic E-state index is 0.00754. The zero-order valence-corrected chi connectivity index (χ0v) is 10.7. The summed E-state index contributed by atoms with van der Waals surface area (Å²) in [6.45, 7) is -0.0370. The summed E-state index contributed by atoms with van der Waals surface area (Å²) in [4.78, 5) is 23.1. The van der Waals surface area contributed by atoms with E-state index in [9.17, 15) is 27.2 Å². The van der Waals surface area contributed by atoms with Crippen LogP contribution in [0.5, 0.6) is 0 Å². The van der Waals surface area contributed by atoms with Gasteiger partial charge in [0, 0.05) is 12.7 Å². The Morgan fingerprint density at radius 3 is 2.40 bits per heavy atom. The molecule has 4 nitrogen and oxygen atoms in total. The first-order valence-electron chi connectivity index (χ1n) is 5.49. The third kappa shape index (κ3) is 4.52. The van der Waals surface area contributed by atoms with Crippen LogP contribution in [-0.2, 0) is 9.59 Å². The lowest BCUT2D eigenvalue weighted by atomic mass is 10.2. The van der Waals surface area contributed by atoms with Crippen molar-refractivity contribution in [3.63, 3.8) is 0 Å². The number of hydrogen-bond acceptors (Lipinski definition) is 2. The SMILES string of the molecule is Cc1ccc(NC(=O)C(=O)N(C)CC(F)(F)F)cc1F. The Hall–Kier alpha value is -2.12. The molecule has 2 amide bonds. The summed E-state index contributed by atoms with van der Waals surface area (Å²) in [6.07, 6.45) is -4.60. The van der Waals surface area contributed by atoms with Crippen LogP contribution in [0.2, 0.25) is 0 Å². The fraction of sp³-hybridized carbons (Fsp3) is 0.333. The average Bonchev–Trinajstić information content (AvgIpc) is 2.30. The number of benzene rings is 1. The zero-order chi connectivity index (χ0) is 15.5. The van der Waals surface area contributed by atoms with Gasteiger partial charge in [0.2, 0.25) is 0 Å². The Bertz CT molecular complexity index is 529. The summed E-state index contributed by atoms with van der Waals surface area (Å²) in [5.74, 6) is -3.22. The van der Waals surface area contributed by atoms with Crippen LogP contribution in [0.4, 0.5) is 23.2 Å².